The molecule has 0 saturated carbocycles. The maximum atomic E-state index is 13.3. The number of rotatable bonds is 5. The Kier molecular flexibility index (Phi) is 5.11. The molecule has 0 radical (unpaired) electrons. The van der Waals surface area contributed by atoms with Crippen molar-refractivity contribution in [3.63, 3.8) is 0 Å². The molecular formula is C18H20FN3O3. The molecule has 1 aromatic heterocycles. The van der Waals surface area contributed by atoms with Crippen LogP contribution in [0, 0.1) is 5.82 Å². The SMILES string of the molecule is O=C(O)CCC1CCCCN1C(=O)c1ccn(-c2cccc(F)c2)n1. The number of hydrogen-bond donors (Lipinski definition) is 1. The van der Waals surface area contributed by atoms with Crippen LogP contribution in [-0.4, -0.2) is 44.3 Å². The van der Waals surface area contributed by atoms with Gasteiger partial charge in [0, 0.05) is 25.2 Å². The van der Waals surface area contributed by atoms with E-state index in [2.05, 4.69) is 5.10 Å². The van der Waals surface area contributed by atoms with Gasteiger partial charge in [0.25, 0.3) is 5.91 Å². The van der Waals surface area contributed by atoms with Gasteiger partial charge in [-0.05, 0) is 49.9 Å². The van der Waals surface area contributed by atoms with Crippen molar-refractivity contribution in [3.8, 4) is 5.69 Å². The number of nitrogens with zero attached hydrogens (tertiary/aromatic N) is 3. The summed E-state index contributed by atoms with van der Waals surface area (Å²) in [6.45, 7) is 0.607. The van der Waals surface area contributed by atoms with Gasteiger partial charge in [-0.1, -0.05) is 6.07 Å². The molecule has 1 unspecified atom stereocenters. The molecule has 6 nitrogen and oxygen atoms in total. The third-order valence-electron chi connectivity index (χ3n) is 4.46. The summed E-state index contributed by atoms with van der Waals surface area (Å²) in [5, 5.41) is 13.2. The molecule has 7 heteroatoms. The third kappa shape index (κ3) is 4.04. The van der Waals surface area contributed by atoms with Crippen LogP contribution in [0.1, 0.15) is 42.6 Å². The lowest BCUT2D eigenvalue weighted by Crippen LogP contribution is -2.44. The maximum absolute atomic E-state index is 13.3. The second-order valence-electron chi connectivity index (χ2n) is 6.21. The molecule has 3 rings (SSSR count). The Labute approximate surface area is 144 Å². The molecule has 2 heterocycles. The quantitative estimate of drug-likeness (QED) is 0.904. The van der Waals surface area contributed by atoms with Crippen LogP contribution in [0.4, 0.5) is 4.39 Å². The highest BCUT2D eigenvalue weighted by atomic mass is 19.1. The van der Waals surface area contributed by atoms with Crippen LogP contribution in [0.2, 0.25) is 0 Å². The number of aliphatic carboxylic acids is 1. The lowest BCUT2D eigenvalue weighted by molar-refractivity contribution is -0.137. The number of piperidine rings is 1. The largest absolute Gasteiger partial charge is 0.481 e. The molecule has 1 aliphatic rings. The molecule has 1 amide bonds. The number of hydrogen-bond acceptors (Lipinski definition) is 3. The van der Waals surface area contributed by atoms with E-state index in [9.17, 15) is 14.0 Å². The van der Waals surface area contributed by atoms with Gasteiger partial charge in [0.2, 0.25) is 0 Å². The van der Waals surface area contributed by atoms with Gasteiger partial charge in [-0.2, -0.15) is 5.10 Å². The maximum Gasteiger partial charge on any atom is 0.303 e. The Hall–Kier alpha value is -2.70. The second kappa shape index (κ2) is 7.46. The average molecular weight is 345 g/mol. The van der Waals surface area contributed by atoms with Crippen LogP contribution in [-0.2, 0) is 4.79 Å². The molecule has 0 bridgehead atoms. The fraction of sp³-hybridized carbons (Fsp3) is 0.389. The Morgan fingerprint density at radius 3 is 2.88 bits per heavy atom. The van der Waals surface area contributed by atoms with E-state index < -0.39 is 5.97 Å². The number of carboxylic acids is 1. The standard InChI is InChI=1S/C18H20FN3O3/c19-13-4-3-6-15(12-13)22-11-9-16(20-22)18(25)21-10-2-1-5-14(21)7-8-17(23)24/h3-4,6,9,11-12,14H,1-2,5,7-8,10H2,(H,23,24). The van der Waals surface area contributed by atoms with Crippen LogP contribution < -0.4 is 0 Å². The molecule has 1 aromatic carbocycles. The van der Waals surface area contributed by atoms with Gasteiger partial charge in [0.1, 0.15) is 5.82 Å². The molecule has 1 aliphatic heterocycles. The molecular weight excluding hydrogens is 325 g/mol. The summed E-state index contributed by atoms with van der Waals surface area (Å²) >= 11 is 0. The number of benzene rings is 1. The van der Waals surface area contributed by atoms with Crippen molar-refractivity contribution in [2.24, 2.45) is 0 Å². The van der Waals surface area contributed by atoms with Gasteiger partial charge >= 0.3 is 5.97 Å². The Balaban J connectivity index is 1.76. The molecule has 0 aliphatic carbocycles. The van der Waals surface area contributed by atoms with E-state index in [1.54, 1.807) is 29.3 Å². The van der Waals surface area contributed by atoms with E-state index in [0.717, 1.165) is 19.3 Å². The lowest BCUT2D eigenvalue weighted by atomic mass is 9.97. The first-order chi connectivity index (χ1) is 12.0. The number of likely N-dealkylation sites (tertiary alicyclic amines) is 1. The van der Waals surface area contributed by atoms with E-state index in [4.69, 9.17) is 5.11 Å². The van der Waals surface area contributed by atoms with E-state index in [1.807, 2.05) is 0 Å². The van der Waals surface area contributed by atoms with Crippen LogP contribution in [0.3, 0.4) is 0 Å². The molecule has 25 heavy (non-hydrogen) atoms. The van der Waals surface area contributed by atoms with Crippen molar-refractivity contribution < 1.29 is 19.1 Å². The van der Waals surface area contributed by atoms with Crippen molar-refractivity contribution >= 4 is 11.9 Å². The molecule has 132 valence electrons. The number of aromatic nitrogens is 2. The number of amides is 1. The monoisotopic (exact) mass is 345 g/mol. The van der Waals surface area contributed by atoms with Gasteiger partial charge in [-0.25, -0.2) is 9.07 Å². The van der Waals surface area contributed by atoms with E-state index in [0.29, 0.717) is 18.7 Å². The van der Waals surface area contributed by atoms with E-state index in [-0.39, 0.29) is 29.9 Å². The van der Waals surface area contributed by atoms with Crippen molar-refractivity contribution in [1.82, 2.24) is 14.7 Å². The van der Waals surface area contributed by atoms with Gasteiger partial charge < -0.3 is 10.0 Å². The molecule has 1 N–H and O–H groups in total. The van der Waals surface area contributed by atoms with Gasteiger partial charge in [-0.3, -0.25) is 9.59 Å². The minimum atomic E-state index is -0.853. The number of carbonyl (C=O) groups excluding carboxylic acids is 1. The zero-order valence-corrected chi connectivity index (χ0v) is 13.8. The normalized spacial score (nSPS) is 17.5. The van der Waals surface area contributed by atoms with Crippen molar-refractivity contribution in [2.45, 2.75) is 38.1 Å². The highest BCUT2D eigenvalue weighted by Crippen LogP contribution is 2.23. The lowest BCUT2D eigenvalue weighted by Gasteiger charge is -2.35. The Bertz CT molecular complexity index is 774. The summed E-state index contributed by atoms with van der Waals surface area (Å²) in [7, 11) is 0. The predicted octanol–water partition coefficient (Wildman–Crippen LogP) is 2.87. The molecule has 1 fully saturated rings. The van der Waals surface area contributed by atoms with Crippen molar-refractivity contribution in [2.75, 3.05) is 6.54 Å². The fourth-order valence-corrected chi connectivity index (χ4v) is 3.21. The summed E-state index contributed by atoms with van der Waals surface area (Å²) < 4.78 is 14.8. The Morgan fingerprint density at radius 1 is 1.28 bits per heavy atom. The number of halogens is 1. The highest BCUT2D eigenvalue weighted by molar-refractivity contribution is 5.92. The second-order valence-corrected chi connectivity index (χ2v) is 6.21. The topological polar surface area (TPSA) is 75.4 Å². The van der Waals surface area contributed by atoms with Crippen molar-refractivity contribution in [3.05, 3.63) is 48.0 Å². The summed E-state index contributed by atoms with van der Waals surface area (Å²) in [4.78, 5) is 25.3. The summed E-state index contributed by atoms with van der Waals surface area (Å²) in [6, 6.07) is 7.52. The Morgan fingerprint density at radius 2 is 2.12 bits per heavy atom. The first-order valence-electron chi connectivity index (χ1n) is 8.39. The zero-order valence-electron chi connectivity index (χ0n) is 13.8. The van der Waals surface area contributed by atoms with Crippen LogP contribution in [0.15, 0.2) is 36.5 Å². The summed E-state index contributed by atoms with van der Waals surface area (Å²) in [5.74, 6) is -1.43. The summed E-state index contributed by atoms with van der Waals surface area (Å²) in [6.07, 6.45) is 4.82. The number of carboxylic acid groups (broad SMARTS) is 1. The zero-order chi connectivity index (χ0) is 17.8. The van der Waals surface area contributed by atoms with E-state index in [1.165, 1.54) is 16.8 Å². The van der Waals surface area contributed by atoms with Gasteiger partial charge in [0.05, 0.1) is 5.69 Å². The van der Waals surface area contributed by atoms with Gasteiger partial charge in [0.15, 0.2) is 5.69 Å². The average Bonchev–Trinajstić information content (AvgIpc) is 3.10. The minimum Gasteiger partial charge on any atom is -0.481 e. The van der Waals surface area contributed by atoms with Gasteiger partial charge in [-0.15, -0.1) is 0 Å². The summed E-state index contributed by atoms with van der Waals surface area (Å²) in [5.41, 5.74) is 0.826. The smallest absolute Gasteiger partial charge is 0.303 e. The first-order valence-corrected chi connectivity index (χ1v) is 8.39. The molecule has 0 spiro atoms. The molecule has 1 saturated heterocycles. The fourth-order valence-electron chi connectivity index (χ4n) is 3.21. The molecule has 1 atom stereocenters. The van der Waals surface area contributed by atoms with Crippen LogP contribution >= 0.6 is 0 Å². The van der Waals surface area contributed by atoms with Crippen LogP contribution in [0.5, 0.6) is 0 Å². The predicted molar refractivity (Wildman–Crippen MR) is 89.1 cm³/mol. The number of carbonyl (C=O) groups is 2. The van der Waals surface area contributed by atoms with Crippen LogP contribution in [0.25, 0.3) is 5.69 Å². The third-order valence-corrected chi connectivity index (χ3v) is 4.46. The van der Waals surface area contributed by atoms with Crippen molar-refractivity contribution in [1.29, 1.82) is 0 Å². The highest BCUT2D eigenvalue weighted by Gasteiger charge is 2.29. The molecule has 2 aromatic rings. The first kappa shape index (κ1) is 17.1. The van der Waals surface area contributed by atoms with E-state index >= 15 is 0 Å². The minimum absolute atomic E-state index is 0.0478.